The second kappa shape index (κ2) is 6.47. The van der Waals surface area contributed by atoms with Gasteiger partial charge in [0.15, 0.2) is 5.11 Å². The lowest BCUT2D eigenvalue weighted by molar-refractivity contribution is 0.0977. The lowest BCUT2D eigenvalue weighted by atomic mass is 9.84. The van der Waals surface area contributed by atoms with Crippen molar-refractivity contribution in [2.75, 3.05) is 23.3 Å². The van der Waals surface area contributed by atoms with Gasteiger partial charge >= 0.3 is 0 Å². The summed E-state index contributed by atoms with van der Waals surface area (Å²) in [6.45, 7) is 2.11. The number of thiophene rings is 1. The van der Waals surface area contributed by atoms with E-state index in [1.54, 1.807) is 35.6 Å². The molecule has 2 aromatic rings. The van der Waals surface area contributed by atoms with Crippen LogP contribution < -0.4 is 15.5 Å². The number of anilines is 2. The first-order chi connectivity index (χ1) is 12.2. The van der Waals surface area contributed by atoms with Crippen LogP contribution in [0.2, 0.25) is 0 Å². The largest absolute Gasteiger partial charge is 0.363 e. The molecule has 2 bridgehead atoms. The summed E-state index contributed by atoms with van der Waals surface area (Å²) in [6.07, 6.45) is 2.21. The summed E-state index contributed by atoms with van der Waals surface area (Å²) < 4.78 is 0. The summed E-state index contributed by atoms with van der Waals surface area (Å²) in [5, 5.41) is 17.5. The Hall–Kier alpha value is -2.43. The van der Waals surface area contributed by atoms with E-state index in [4.69, 9.17) is 12.2 Å². The van der Waals surface area contributed by atoms with Gasteiger partial charge in [-0.05, 0) is 43.1 Å². The van der Waals surface area contributed by atoms with Gasteiger partial charge in [0, 0.05) is 24.2 Å². The molecular weight excluding hydrogens is 352 g/mol. The van der Waals surface area contributed by atoms with Crippen LogP contribution in [0, 0.1) is 11.3 Å². The van der Waals surface area contributed by atoms with Crippen LogP contribution in [0.25, 0.3) is 0 Å². The second-order valence-electron chi connectivity index (χ2n) is 6.17. The van der Waals surface area contributed by atoms with Crippen molar-refractivity contribution in [2.45, 2.75) is 18.8 Å². The standard InChI is InChI=1S/C18H16N4OS2/c19-10-13-14-11-6-8-22(9-7-11)17(14)25-16(13)21-18(24)20-15(23)12-4-2-1-3-5-12/h1-5,11H,6-9H2,(H2,20,21,23,24). The summed E-state index contributed by atoms with van der Waals surface area (Å²) in [5.74, 6) is 0.204. The Morgan fingerprint density at radius 3 is 2.68 bits per heavy atom. The monoisotopic (exact) mass is 368 g/mol. The molecule has 0 aliphatic carbocycles. The highest BCUT2D eigenvalue weighted by Gasteiger charge is 2.36. The van der Waals surface area contributed by atoms with Crippen LogP contribution in [-0.4, -0.2) is 24.1 Å². The van der Waals surface area contributed by atoms with Gasteiger partial charge in [-0.25, -0.2) is 0 Å². The number of amides is 1. The first kappa shape index (κ1) is 16.1. The van der Waals surface area contributed by atoms with E-state index in [1.165, 1.54) is 5.00 Å². The summed E-state index contributed by atoms with van der Waals surface area (Å²) in [6, 6.07) is 11.2. The smallest absolute Gasteiger partial charge is 0.257 e. The lowest BCUT2D eigenvalue weighted by Crippen LogP contribution is -2.37. The van der Waals surface area contributed by atoms with Crippen LogP contribution in [0.5, 0.6) is 0 Å². The number of carbonyl (C=O) groups is 1. The average Bonchev–Trinajstić information content (AvgIpc) is 3.03. The summed E-state index contributed by atoms with van der Waals surface area (Å²) >= 11 is 6.83. The molecule has 1 saturated heterocycles. The average molecular weight is 368 g/mol. The molecule has 0 atom stereocenters. The molecule has 0 radical (unpaired) electrons. The van der Waals surface area contributed by atoms with Crippen LogP contribution in [0.1, 0.15) is 40.2 Å². The normalized spacial score (nSPS) is 15.4. The number of rotatable bonds is 2. The summed E-state index contributed by atoms with van der Waals surface area (Å²) in [5.41, 5.74) is 2.37. The Labute approximate surface area is 155 Å². The van der Waals surface area contributed by atoms with Gasteiger partial charge in [0.05, 0.1) is 10.6 Å². The van der Waals surface area contributed by atoms with Crippen molar-refractivity contribution in [2.24, 2.45) is 0 Å². The minimum absolute atomic E-state index is 0.214. The SMILES string of the molecule is N#Cc1c(NC(=S)NC(=O)c2ccccc2)sc2c1C1CCN2CC1. The Morgan fingerprint density at radius 2 is 2.00 bits per heavy atom. The van der Waals surface area contributed by atoms with Gasteiger partial charge in [0.1, 0.15) is 11.1 Å². The number of thiocarbonyl (C=S) groups is 1. The van der Waals surface area contributed by atoms with E-state index in [9.17, 15) is 10.1 Å². The summed E-state index contributed by atoms with van der Waals surface area (Å²) in [7, 11) is 0. The van der Waals surface area contributed by atoms with E-state index in [-0.39, 0.29) is 11.0 Å². The van der Waals surface area contributed by atoms with Gasteiger partial charge in [-0.2, -0.15) is 5.26 Å². The van der Waals surface area contributed by atoms with Crippen LogP contribution in [0.4, 0.5) is 10.0 Å². The van der Waals surface area contributed by atoms with E-state index >= 15 is 0 Å². The Balaban J connectivity index is 1.54. The van der Waals surface area contributed by atoms with Gasteiger partial charge in [0.2, 0.25) is 0 Å². The van der Waals surface area contributed by atoms with Gasteiger partial charge in [-0.1, -0.05) is 29.5 Å². The Morgan fingerprint density at radius 1 is 1.28 bits per heavy atom. The number of piperidine rings is 1. The van der Waals surface area contributed by atoms with Gasteiger partial charge < -0.3 is 10.2 Å². The quantitative estimate of drug-likeness (QED) is 0.795. The molecule has 25 heavy (non-hydrogen) atoms. The number of nitrogens with one attached hydrogen (secondary N) is 2. The number of nitrogens with zero attached hydrogens (tertiary/aromatic N) is 2. The first-order valence-corrected chi connectivity index (χ1v) is 9.39. The number of fused-ring (bicyclic) bond motifs is 2. The minimum atomic E-state index is -0.262. The highest BCUT2D eigenvalue weighted by Crippen LogP contribution is 2.51. The maximum atomic E-state index is 12.2. The van der Waals surface area contributed by atoms with E-state index in [0.29, 0.717) is 17.0 Å². The van der Waals surface area contributed by atoms with E-state index < -0.39 is 0 Å². The molecule has 0 saturated carbocycles. The molecule has 3 aliphatic heterocycles. The van der Waals surface area contributed by atoms with Crippen molar-refractivity contribution in [3.8, 4) is 6.07 Å². The maximum absolute atomic E-state index is 12.2. The van der Waals surface area contributed by atoms with E-state index in [2.05, 4.69) is 21.6 Å². The second-order valence-corrected chi connectivity index (χ2v) is 7.58. The van der Waals surface area contributed by atoms with Crippen molar-refractivity contribution in [1.82, 2.24) is 5.32 Å². The first-order valence-electron chi connectivity index (χ1n) is 8.16. The zero-order valence-electron chi connectivity index (χ0n) is 13.4. The van der Waals surface area contributed by atoms with Crippen molar-refractivity contribution in [3.05, 3.63) is 47.0 Å². The zero-order valence-corrected chi connectivity index (χ0v) is 15.0. The third-order valence-electron chi connectivity index (χ3n) is 4.72. The minimum Gasteiger partial charge on any atom is -0.363 e. The van der Waals surface area contributed by atoms with Crippen LogP contribution >= 0.6 is 23.6 Å². The van der Waals surface area contributed by atoms with E-state index in [0.717, 1.165) is 36.5 Å². The molecule has 0 unspecified atom stereocenters. The molecule has 5 nitrogen and oxygen atoms in total. The fourth-order valence-electron chi connectivity index (χ4n) is 3.52. The molecule has 1 aromatic heterocycles. The molecule has 1 amide bonds. The lowest BCUT2D eigenvalue weighted by Gasteiger charge is -2.39. The van der Waals surface area contributed by atoms with Crippen molar-refractivity contribution in [1.29, 1.82) is 5.26 Å². The predicted molar refractivity (Wildman–Crippen MR) is 103 cm³/mol. The number of hydrogen-bond donors (Lipinski definition) is 2. The molecule has 2 N–H and O–H groups in total. The summed E-state index contributed by atoms with van der Waals surface area (Å²) in [4.78, 5) is 14.5. The molecule has 1 fully saturated rings. The fraction of sp³-hybridized carbons (Fsp3) is 0.278. The van der Waals surface area contributed by atoms with Crippen molar-refractivity contribution >= 4 is 44.6 Å². The molecular formula is C18H16N4OS2. The molecule has 3 aliphatic rings. The third-order valence-corrected chi connectivity index (χ3v) is 6.10. The maximum Gasteiger partial charge on any atom is 0.257 e. The van der Waals surface area contributed by atoms with Crippen molar-refractivity contribution < 1.29 is 4.79 Å². The predicted octanol–water partition coefficient (Wildman–Crippen LogP) is 3.44. The van der Waals surface area contributed by atoms with Crippen LogP contribution in [0.3, 0.4) is 0 Å². The number of nitriles is 1. The third kappa shape index (κ3) is 2.88. The number of hydrogen-bond acceptors (Lipinski definition) is 5. The molecule has 126 valence electrons. The zero-order chi connectivity index (χ0) is 17.4. The van der Waals surface area contributed by atoms with Crippen molar-refractivity contribution in [3.63, 3.8) is 0 Å². The van der Waals surface area contributed by atoms with Gasteiger partial charge in [-0.3, -0.25) is 10.1 Å². The van der Waals surface area contributed by atoms with Crippen LogP contribution in [0.15, 0.2) is 30.3 Å². The Kier molecular flexibility index (Phi) is 4.15. The van der Waals surface area contributed by atoms with E-state index in [1.807, 2.05) is 6.07 Å². The Bertz CT molecular complexity index is 876. The number of carbonyl (C=O) groups excluding carboxylic acids is 1. The molecule has 0 spiro atoms. The fourth-order valence-corrected chi connectivity index (χ4v) is 5.07. The molecule has 7 heteroatoms. The topological polar surface area (TPSA) is 68.2 Å². The highest BCUT2D eigenvalue weighted by atomic mass is 32.1. The molecule has 4 heterocycles. The molecule has 5 rings (SSSR count). The highest BCUT2D eigenvalue weighted by molar-refractivity contribution is 7.80. The van der Waals surface area contributed by atoms with Gasteiger partial charge in [0.25, 0.3) is 5.91 Å². The number of benzene rings is 1. The van der Waals surface area contributed by atoms with Gasteiger partial charge in [-0.15, -0.1) is 0 Å². The van der Waals surface area contributed by atoms with Crippen LogP contribution in [-0.2, 0) is 0 Å². The molecule has 1 aromatic carbocycles.